The Bertz CT molecular complexity index is 1470. The van der Waals surface area contributed by atoms with Gasteiger partial charge in [-0.15, -0.1) is 0 Å². The summed E-state index contributed by atoms with van der Waals surface area (Å²) in [6, 6.07) is 18.9. The fraction of sp³-hybridized carbons (Fsp3) is 0.345. The highest BCUT2D eigenvalue weighted by Gasteiger charge is 2.38. The molecule has 0 saturated carbocycles. The third-order valence-corrected chi connectivity index (χ3v) is 8.50. The van der Waals surface area contributed by atoms with Gasteiger partial charge >= 0.3 is 0 Å². The van der Waals surface area contributed by atoms with Gasteiger partial charge < -0.3 is 24.3 Å². The van der Waals surface area contributed by atoms with Crippen molar-refractivity contribution in [2.45, 2.75) is 43.3 Å². The van der Waals surface area contributed by atoms with Gasteiger partial charge in [-0.25, -0.2) is 8.42 Å². The number of carbonyl (C=O) groups excluding carboxylic acids is 1. The second-order valence-corrected chi connectivity index (χ2v) is 12.4. The van der Waals surface area contributed by atoms with Crippen LogP contribution in [0, 0.1) is 0 Å². The van der Waals surface area contributed by atoms with Gasteiger partial charge in [-0.05, 0) is 59.5 Å². The van der Waals surface area contributed by atoms with Crippen molar-refractivity contribution in [3.8, 4) is 23.0 Å². The van der Waals surface area contributed by atoms with Gasteiger partial charge in [-0.3, -0.25) is 9.10 Å². The summed E-state index contributed by atoms with van der Waals surface area (Å²) in [5.74, 6) is 1.68. The molecule has 0 saturated heterocycles. The first-order chi connectivity index (χ1) is 18.6. The third-order valence-electron chi connectivity index (χ3n) is 6.71. The van der Waals surface area contributed by atoms with E-state index in [4.69, 9.17) is 18.9 Å². The third kappa shape index (κ3) is 5.47. The zero-order valence-corrected chi connectivity index (χ0v) is 23.2. The Kier molecular flexibility index (Phi) is 7.07. The van der Waals surface area contributed by atoms with Crippen molar-refractivity contribution in [2.24, 2.45) is 0 Å². The van der Waals surface area contributed by atoms with Crippen molar-refractivity contribution in [1.29, 1.82) is 0 Å². The molecule has 2 aliphatic rings. The largest absolute Gasteiger partial charge is 0.497 e. The molecule has 39 heavy (non-hydrogen) atoms. The second kappa shape index (κ2) is 10.3. The number of methoxy groups -OCH3 is 1. The predicted molar refractivity (Wildman–Crippen MR) is 146 cm³/mol. The molecule has 0 aromatic heterocycles. The minimum atomic E-state index is -4.02. The van der Waals surface area contributed by atoms with Gasteiger partial charge in [0, 0.05) is 0 Å². The van der Waals surface area contributed by atoms with Crippen molar-refractivity contribution in [3.63, 3.8) is 0 Å². The topological polar surface area (TPSA) is 103 Å². The Morgan fingerprint density at radius 1 is 1.00 bits per heavy atom. The summed E-state index contributed by atoms with van der Waals surface area (Å²) in [7, 11) is -2.51. The maximum Gasteiger partial charge on any atom is 0.264 e. The quantitative estimate of drug-likeness (QED) is 0.495. The maximum atomic E-state index is 13.9. The molecule has 10 heteroatoms. The van der Waals surface area contributed by atoms with Crippen molar-refractivity contribution in [3.05, 3.63) is 72.3 Å². The standard InChI is InChI=1S/C29H32N2O7S/c1-29(2,3)19-9-14-24-23(15-19)31(39(33,34)22-12-10-20(35-4)11-13-22)17-27(38-24)28(32)30-16-21-18-36-25-7-5-6-8-26(25)37-21/h5-15,21,27H,16-18H2,1-4H3,(H,30,32). The van der Waals surface area contributed by atoms with E-state index in [0.29, 0.717) is 28.7 Å². The summed E-state index contributed by atoms with van der Waals surface area (Å²) < 4.78 is 51.9. The highest BCUT2D eigenvalue weighted by atomic mass is 32.2. The van der Waals surface area contributed by atoms with Crippen LogP contribution in [0.15, 0.2) is 71.6 Å². The van der Waals surface area contributed by atoms with E-state index < -0.39 is 28.1 Å². The number of para-hydroxylation sites is 2. The summed E-state index contributed by atoms with van der Waals surface area (Å²) in [6.07, 6.45) is -1.46. The Morgan fingerprint density at radius 3 is 2.41 bits per heavy atom. The highest BCUT2D eigenvalue weighted by Crippen LogP contribution is 2.40. The Labute approximate surface area is 228 Å². The smallest absolute Gasteiger partial charge is 0.264 e. The van der Waals surface area contributed by atoms with E-state index in [1.165, 1.54) is 23.5 Å². The molecule has 0 aliphatic carbocycles. The van der Waals surface area contributed by atoms with Crippen LogP contribution >= 0.6 is 0 Å². The minimum Gasteiger partial charge on any atom is -0.497 e. The zero-order chi connectivity index (χ0) is 27.8. The number of ether oxygens (including phenoxy) is 4. The lowest BCUT2D eigenvalue weighted by molar-refractivity contribution is -0.128. The molecule has 2 atom stereocenters. The van der Waals surface area contributed by atoms with E-state index in [0.717, 1.165) is 5.56 Å². The minimum absolute atomic E-state index is 0.0860. The summed E-state index contributed by atoms with van der Waals surface area (Å²) in [5, 5.41) is 2.84. The van der Waals surface area contributed by atoms with E-state index in [9.17, 15) is 13.2 Å². The molecule has 9 nitrogen and oxygen atoms in total. The predicted octanol–water partition coefficient (Wildman–Crippen LogP) is 3.91. The monoisotopic (exact) mass is 552 g/mol. The van der Waals surface area contributed by atoms with Crippen LogP contribution in [0.25, 0.3) is 0 Å². The maximum absolute atomic E-state index is 13.9. The molecule has 3 aromatic carbocycles. The van der Waals surface area contributed by atoms with Crippen LogP contribution in [-0.4, -0.2) is 53.3 Å². The van der Waals surface area contributed by atoms with Crippen LogP contribution in [0.3, 0.4) is 0 Å². The lowest BCUT2D eigenvalue weighted by atomic mass is 9.86. The summed E-state index contributed by atoms with van der Waals surface area (Å²) in [6.45, 7) is 6.41. The van der Waals surface area contributed by atoms with Gasteiger partial charge in [-0.2, -0.15) is 0 Å². The number of hydrogen-bond acceptors (Lipinski definition) is 7. The molecule has 0 fully saturated rings. The molecular formula is C29H32N2O7S. The number of anilines is 1. The van der Waals surface area contributed by atoms with Gasteiger partial charge in [0.25, 0.3) is 15.9 Å². The molecule has 5 rings (SSSR count). The molecule has 206 valence electrons. The second-order valence-electron chi connectivity index (χ2n) is 10.5. The molecule has 2 unspecified atom stereocenters. The normalized spacial score (nSPS) is 18.5. The average molecular weight is 553 g/mol. The first-order valence-electron chi connectivity index (χ1n) is 12.7. The van der Waals surface area contributed by atoms with E-state index in [-0.39, 0.29) is 30.0 Å². The van der Waals surface area contributed by atoms with E-state index in [2.05, 4.69) is 5.32 Å². The number of hydrogen-bond donors (Lipinski definition) is 1. The Balaban J connectivity index is 1.39. The van der Waals surface area contributed by atoms with Gasteiger partial charge in [-0.1, -0.05) is 39.0 Å². The molecule has 0 bridgehead atoms. The molecule has 0 spiro atoms. The van der Waals surface area contributed by atoms with E-state index in [1.807, 2.05) is 51.1 Å². The van der Waals surface area contributed by atoms with Crippen LogP contribution in [-0.2, 0) is 20.2 Å². The first kappa shape index (κ1) is 26.7. The number of carbonyl (C=O) groups is 1. The van der Waals surface area contributed by atoms with Crippen LogP contribution in [0.2, 0.25) is 0 Å². The van der Waals surface area contributed by atoms with Crippen LogP contribution < -0.4 is 28.6 Å². The van der Waals surface area contributed by atoms with Crippen molar-refractivity contribution in [1.82, 2.24) is 5.32 Å². The van der Waals surface area contributed by atoms with Crippen LogP contribution in [0.5, 0.6) is 23.0 Å². The number of nitrogens with one attached hydrogen (secondary N) is 1. The van der Waals surface area contributed by atoms with E-state index >= 15 is 0 Å². The zero-order valence-electron chi connectivity index (χ0n) is 22.3. The van der Waals surface area contributed by atoms with E-state index in [1.54, 1.807) is 24.3 Å². The van der Waals surface area contributed by atoms with Gasteiger partial charge in [0.15, 0.2) is 17.6 Å². The Morgan fingerprint density at radius 2 is 1.72 bits per heavy atom. The average Bonchev–Trinajstić information content (AvgIpc) is 2.94. The summed E-state index contributed by atoms with van der Waals surface area (Å²) in [4.78, 5) is 13.3. The van der Waals surface area contributed by atoms with Crippen molar-refractivity contribution in [2.75, 3.05) is 31.1 Å². The fourth-order valence-electron chi connectivity index (χ4n) is 4.45. The number of benzene rings is 3. The number of rotatable bonds is 6. The van der Waals surface area contributed by atoms with Crippen molar-refractivity contribution >= 4 is 21.6 Å². The molecule has 2 heterocycles. The Hall–Kier alpha value is -3.92. The highest BCUT2D eigenvalue weighted by molar-refractivity contribution is 7.92. The molecule has 1 N–H and O–H groups in total. The van der Waals surface area contributed by atoms with Gasteiger partial charge in [0.05, 0.1) is 30.8 Å². The number of fused-ring (bicyclic) bond motifs is 2. The summed E-state index contributed by atoms with van der Waals surface area (Å²) in [5.41, 5.74) is 1.11. The van der Waals surface area contributed by atoms with Gasteiger partial charge in [0.1, 0.15) is 24.2 Å². The SMILES string of the molecule is COc1ccc(S(=O)(=O)N2CC(C(=O)NCC3COc4ccccc4O3)Oc3ccc(C(C)(C)C)cc32)cc1. The molecule has 0 radical (unpaired) electrons. The number of sulfonamides is 1. The molecule has 2 aliphatic heterocycles. The number of nitrogens with zero attached hydrogens (tertiary/aromatic N) is 1. The molecule has 1 amide bonds. The molecule has 3 aromatic rings. The van der Waals surface area contributed by atoms with Crippen molar-refractivity contribution < 1.29 is 32.2 Å². The van der Waals surface area contributed by atoms with Crippen LogP contribution in [0.4, 0.5) is 5.69 Å². The summed E-state index contributed by atoms with van der Waals surface area (Å²) >= 11 is 0. The first-order valence-corrected chi connectivity index (χ1v) is 14.1. The molecular weight excluding hydrogens is 520 g/mol. The van der Waals surface area contributed by atoms with Gasteiger partial charge in [0.2, 0.25) is 0 Å². The lowest BCUT2D eigenvalue weighted by Gasteiger charge is -2.36. The lowest BCUT2D eigenvalue weighted by Crippen LogP contribution is -2.52. The number of amides is 1. The van der Waals surface area contributed by atoms with Crippen LogP contribution in [0.1, 0.15) is 26.3 Å². The fourth-order valence-corrected chi connectivity index (χ4v) is 5.92.